The summed E-state index contributed by atoms with van der Waals surface area (Å²) in [6, 6.07) is 0.457. The highest BCUT2D eigenvalue weighted by molar-refractivity contribution is 7.13. The maximum Gasteiger partial charge on any atom is 0.434 e. The van der Waals surface area contributed by atoms with Gasteiger partial charge >= 0.3 is 18.3 Å². The number of carbonyl (C=O) groups is 1. The van der Waals surface area contributed by atoms with Crippen LogP contribution in [0.25, 0.3) is 10.6 Å². The van der Waals surface area contributed by atoms with Gasteiger partial charge in [0.1, 0.15) is 5.01 Å². The number of nitrogens with two attached hydrogens (primary N) is 1. The van der Waals surface area contributed by atoms with Crippen LogP contribution in [0.1, 0.15) is 41.0 Å². The molecule has 2 aromatic rings. The van der Waals surface area contributed by atoms with Crippen molar-refractivity contribution in [2.45, 2.75) is 33.1 Å². The van der Waals surface area contributed by atoms with Crippen molar-refractivity contribution >= 4 is 23.0 Å². The minimum atomic E-state index is -4.94. The molecule has 0 spiro atoms. The van der Waals surface area contributed by atoms with Gasteiger partial charge in [0.2, 0.25) is 0 Å². The van der Waals surface area contributed by atoms with E-state index in [1.807, 2.05) is 13.8 Å². The number of carbonyl (C=O) groups excluding carboxylic acids is 1. The Labute approximate surface area is 155 Å². The summed E-state index contributed by atoms with van der Waals surface area (Å²) in [5, 5.41) is 0.111. The van der Waals surface area contributed by atoms with E-state index >= 15 is 0 Å². The van der Waals surface area contributed by atoms with Gasteiger partial charge in [0.05, 0.1) is 18.2 Å². The van der Waals surface area contributed by atoms with Gasteiger partial charge in [-0.3, -0.25) is 0 Å². The zero-order valence-corrected chi connectivity index (χ0v) is 15.5. The molecular formula is C16H16F6N2O2S. The monoisotopic (exact) mass is 414 g/mol. The highest BCUT2D eigenvalue weighted by Gasteiger charge is 2.39. The highest BCUT2D eigenvalue weighted by Crippen LogP contribution is 2.44. The average Bonchev–Trinajstić information content (AvgIpc) is 3.07. The summed E-state index contributed by atoms with van der Waals surface area (Å²) in [5.74, 6) is -1.09. The Bertz CT molecular complexity index is 828. The normalized spacial score (nSPS) is 11.6. The zero-order valence-electron chi connectivity index (χ0n) is 14.7. The number of halogens is 6. The molecular weight excluding hydrogens is 398 g/mol. The molecule has 11 heteroatoms. The van der Waals surface area contributed by atoms with Crippen molar-refractivity contribution in [3.8, 4) is 10.6 Å². The van der Waals surface area contributed by atoms with E-state index in [0.717, 1.165) is 7.11 Å². The van der Waals surface area contributed by atoms with Crippen molar-refractivity contribution < 1.29 is 35.9 Å². The second-order valence-corrected chi connectivity index (χ2v) is 5.77. The van der Waals surface area contributed by atoms with Crippen LogP contribution in [0.15, 0.2) is 11.4 Å². The summed E-state index contributed by atoms with van der Waals surface area (Å²) in [6.07, 6.45) is -9.74. The second kappa shape index (κ2) is 8.15. The third kappa shape index (κ3) is 4.71. The molecule has 150 valence electrons. The van der Waals surface area contributed by atoms with Gasteiger partial charge in [-0.2, -0.15) is 26.3 Å². The first-order valence-electron chi connectivity index (χ1n) is 7.49. The SMILES string of the molecule is CC.COC(=O)c1cc(C(F)(F)F)c(-c2nc(C(F)(F)F)cs2)c(C)c1N. The highest BCUT2D eigenvalue weighted by atomic mass is 32.1. The lowest BCUT2D eigenvalue weighted by Crippen LogP contribution is -2.15. The van der Waals surface area contributed by atoms with Crippen LogP contribution in [-0.2, 0) is 17.1 Å². The third-order valence-corrected chi connectivity index (χ3v) is 4.21. The molecule has 0 fully saturated rings. The molecule has 0 aliphatic carbocycles. The van der Waals surface area contributed by atoms with Crippen LogP contribution in [0.4, 0.5) is 32.0 Å². The van der Waals surface area contributed by atoms with Gasteiger partial charge in [-0.25, -0.2) is 9.78 Å². The van der Waals surface area contributed by atoms with E-state index in [2.05, 4.69) is 9.72 Å². The zero-order chi connectivity index (χ0) is 21.2. The number of aromatic nitrogens is 1. The molecule has 0 amide bonds. The number of nitrogen functional groups attached to an aromatic ring is 1. The van der Waals surface area contributed by atoms with Crippen LogP contribution in [0.2, 0.25) is 0 Å². The average molecular weight is 414 g/mol. The quantitative estimate of drug-likeness (QED) is 0.398. The Morgan fingerprint density at radius 1 is 1.15 bits per heavy atom. The van der Waals surface area contributed by atoms with Gasteiger partial charge in [-0.15, -0.1) is 11.3 Å². The standard InChI is InChI=1S/C14H10F6N2O2S.C2H6/c1-5-9(11-22-8(4-25-11)14(18,19)20)7(13(15,16)17)3-6(10(5)21)12(23)24-2;1-2/h3-4H,21H2,1-2H3;1-2H3. The molecule has 1 aromatic heterocycles. The molecule has 0 bridgehead atoms. The van der Waals surface area contributed by atoms with Crippen molar-refractivity contribution in [3.63, 3.8) is 0 Å². The molecule has 0 aliphatic heterocycles. The summed E-state index contributed by atoms with van der Waals surface area (Å²) in [7, 11) is 0.967. The number of hydrogen-bond donors (Lipinski definition) is 1. The molecule has 4 nitrogen and oxygen atoms in total. The van der Waals surface area contributed by atoms with Gasteiger partial charge in [0.25, 0.3) is 0 Å². The molecule has 0 saturated carbocycles. The van der Waals surface area contributed by atoms with E-state index in [9.17, 15) is 31.1 Å². The lowest BCUT2D eigenvalue weighted by Gasteiger charge is -2.18. The number of nitrogens with zero attached hydrogens (tertiary/aromatic N) is 1. The Morgan fingerprint density at radius 3 is 2.11 bits per heavy atom. The Morgan fingerprint density at radius 2 is 1.70 bits per heavy atom. The molecule has 0 unspecified atom stereocenters. The summed E-state index contributed by atoms with van der Waals surface area (Å²) in [6.45, 7) is 5.17. The van der Waals surface area contributed by atoms with Gasteiger partial charge in [0.15, 0.2) is 5.69 Å². The molecule has 1 heterocycles. The van der Waals surface area contributed by atoms with Gasteiger partial charge in [-0.1, -0.05) is 13.8 Å². The predicted octanol–water partition coefficient (Wildman–Crippen LogP) is 5.55. The first-order valence-corrected chi connectivity index (χ1v) is 8.37. The predicted molar refractivity (Wildman–Crippen MR) is 89.4 cm³/mol. The Balaban J connectivity index is 0.00000176. The molecule has 2 rings (SSSR count). The van der Waals surface area contributed by atoms with Crippen molar-refractivity contribution in [2.75, 3.05) is 12.8 Å². The first kappa shape index (κ1) is 22.7. The minimum Gasteiger partial charge on any atom is -0.465 e. The van der Waals surface area contributed by atoms with E-state index < -0.39 is 45.7 Å². The summed E-state index contributed by atoms with van der Waals surface area (Å²) in [4.78, 5) is 14.9. The summed E-state index contributed by atoms with van der Waals surface area (Å²) < 4.78 is 82.6. The number of hydrogen-bond acceptors (Lipinski definition) is 5. The van der Waals surface area contributed by atoms with Gasteiger partial charge in [0, 0.05) is 16.6 Å². The second-order valence-electron chi connectivity index (χ2n) is 4.91. The van der Waals surface area contributed by atoms with Crippen molar-refractivity contribution in [3.05, 3.63) is 33.8 Å². The van der Waals surface area contributed by atoms with E-state index in [1.54, 1.807) is 0 Å². The fourth-order valence-corrected chi connectivity index (χ4v) is 3.07. The molecule has 2 N–H and O–H groups in total. The summed E-state index contributed by atoms with van der Waals surface area (Å²) >= 11 is 0.400. The van der Waals surface area contributed by atoms with Crippen LogP contribution < -0.4 is 5.73 Å². The van der Waals surface area contributed by atoms with Crippen LogP contribution in [0.5, 0.6) is 0 Å². The van der Waals surface area contributed by atoms with Crippen LogP contribution in [-0.4, -0.2) is 18.1 Å². The lowest BCUT2D eigenvalue weighted by molar-refractivity contribution is -0.140. The number of benzene rings is 1. The summed E-state index contributed by atoms with van der Waals surface area (Å²) in [5.41, 5.74) is 1.41. The lowest BCUT2D eigenvalue weighted by atomic mass is 9.96. The number of anilines is 1. The van der Waals surface area contributed by atoms with Crippen LogP contribution in [0, 0.1) is 6.92 Å². The van der Waals surface area contributed by atoms with Crippen molar-refractivity contribution in [2.24, 2.45) is 0 Å². The third-order valence-electron chi connectivity index (χ3n) is 3.35. The topological polar surface area (TPSA) is 65.2 Å². The van der Waals surface area contributed by atoms with E-state index in [4.69, 9.17) is 5.73 Å². The number of ether oxygens (including phenoxy) is 1. The maximum absolute atomic E-state index is 13.4. The fraction of sp³-hybridized carbons (Fsp3) is 0.375. The van der Waals surface area contributed by atoms with Crippen LogP contribution >= 0.6 is 11.3 Å². The van der Waals surface area contributed by atoms with E-state index in [-0.39, 0.29) is 11.3 Å². The molecule has 27 heavy (non-hydrogen) atoms. The maximum atomic E-state index is 13.4. The fourth-order valence-electron chi connectivity index (χ4n) is 2.13. The molecule has 1 aromatic carbocycles. The smallest absolute Gasteiger partial charge is 0.434 e. The first-order chi connectivity index (χ1) is 12.4. The molecule has 0 saturated heterocycles. The number of alkyl halides is 6. The number of rotatable bonds is 2. The van der Waals surface area contributed by atoms with Crippen LogP contribution in [0.3, 0.4) is 0 Å². The Hall–Kier alpha value is -2.30. The van der Waals surface area contributed by atoms with Crippen molar-refractivity contribution in [1.82, 2.24) is 4.98 Å². The molecule has 0 aliphatic rings. The number of thiazole rings is 1. The number of methoxy groups -OCH3 is 1. The Kier molecular flexibility index (Phi) is 6.87. The van der Waals surface area contributed by atoms with Crippen molar-refractivity contribution in [1.29, 1.82) is 0 Å². The minimum absolute atomic E-state index is 0.210. The molecule has 0 atom stereocenters. The van der Waals surface area contributed by atoms with E-state index in [1.165, 1.54) is 6.92 Å². The van der Waals surface area contributed by atoms with Gasteiger partial charge in [-0.05, 0) is 18.6 Å². The van der Waals surface area contributed by atoms with Gasteiger partial charge < -0.3 is 10.5 Å². The molecule has 0 radical (unpaired) electrons. The van der Waals surface area contributed by atoms with E-state index in [0.29, 0.717) is 22.8 Å². The number of esters is 1. The largest absolute Gasteiger partial charge is 0.465 e.